The van der Waals surface area contributed by atoms with Crippen molar-refractivity contribution in [1.29, 1.82) is 0 Å². The summed E-state index contributed by atoms with van der Waals surface area (Å²) in [6.07, 6.45) is 0. The van der Waals surface area contributed by atoms with Crippen LogP contribution in [0.5, 0.6) is 5.75 Å². The lowest BCUT2D eigenvalue weighted by Gasteiger charge is -2.11. The molecule has 156 valence electrons. The first-order valence-corrected chi connectivity index (χ1v) is 10.6. The molecule has 0 radical (unpaired) electrons. The van der Waals surface area contributed by atoms with Crippen LogP contribution >= 0.6 is 0 Å². The predicted molar refractivity (Wildman–Crippen MR) is 114 cm³/mol. The molecule has 3 rings (SSSR count). The van der Waals surface area contributed by atoms with E-state index in [2.05, 4.69) is 10.0 Å². The Hall–Kier alpha value is -3.39. The number of carbonyl (C=O) groups is 1. The van der Waals surface area contributed by atoms with Crippen molar-refractivity contribution in [2.24, 2.45) is 0 Å². The molecule has 0 aliphatic rings. The normalized spacial score (nSPS) is 11.0. The van der Waals surface area contributed by atoms with E-state index in [-0.39, 0.29) is 11.5 Å². The minimum atomic E-state index is -3.75. The van der Waals surface area contributed by atoms with E-state index in [9.17, 15) is 17.6 Å². The number of nitrogens with one attached hydrogen (secondary N) is 2. The third-order valence-corrected chi connectivity index (χ3v) is 5.65. The van der Waals surface area contributed by atoms with E-state index in [0.717, 1.165) is 11.1 Å². The molecular formula is C22H21FN2O4S. The van der Waals surface area contributed by atoms with Crippen LogP contribution in [0.1, 0.15) is 11.1 Å². The van der Waals surface area contributed by atoms with Crippen LogP contribution in [0, 0.1) is 19.7 Å². The smallest absolute Gasteiger partial charge is 0.262 e. The van der Waals surface area contributed by atoms with Crippen LogP contribution in [-0.4, -0.2) is 20.9 Å². The zero-order chi connectivity index (χ0) is 21.7. The molecule has 3 aromatic rings. The summed E-state index contributed by atoms with van der Waals surface area (Å²) in [6.45, 7) is 3.32. The molecule has 3 aromatic carbocycles. The number of hydrogen-bond acceptors (Lipinski definition) is 4. The van der Waals surface area contributed by atoms with E-state index < -0.39 is 21.7 Å². The number of anilines is 2. The van der Waals surface area contributed by atoms with Gasteiger partial charge in [0.1, 0.15) is 11.6 Å². The molecule has 30 heavy (non-hydrogen) atoms. The van der Waals surface area contributed by atoms with E-state index >= 15 is 0 Å². The minimum Gasteiger partial charge on any atom is -0.484 e. The molecule has 0 bridgehead atoms. The van der Waals surface area contributed by atoms with Crippen molar-refractivity contribution in [3.05, 3.63) is 83.7 Å². The molecule has 0 spiro atoms. The molecule has 8 heteroatoms. The number of hydrogen-bond donors (Lipinski definition) is 2. The number of benzene rings is 3. The first kappa shape index (κ1) is 21.3. The van der Waals surface area contributed by atoms with E-state index in [1.165, 1.54) is 36.4 Å². The zero-order valence-electron chi connectivity index (χ0n) is 16.5. The van der Waals surface area contributed by atoms with Crippen LogP contribution in [0.15, 0.2) is 71.6 Å². The molecule has 0 heterocycles. The fourth-order valence-electron chi connectivity index (χ4n) is 2.70. The standard InChI is InChI=1S/C22H21FN2O4S/c1-15-4-3-5-18(12-15)25-30(27,28)20-10-8-19(9-11-20)29-14-22(26)24-21-13-17(23)7-6-16(21)2/h3-13,25H,14H2,1-2H3,(H,24,26). The maximum absolute atomic E-state index is 13.3. The van der Waals surface area contributed by atoms with E-state index in [0.29, 0.717) is 17.1 Å². The van der Waals surface area contributed by atoms with Crippen molar-refractivity contribution in [2.75, 3.05) is 16.6 Å². The highest BCUT2D eigenvalue weighted by Crippen LogP contribution is 2.20. The molecule has 0 unspecified atom stereocenters. The van der Waals surface area contributed by atoms with Crippen LogP contribution in [0.4, 0.5) is 15.8 Å². The van der Waals surface area contributed by atoms with Crippen LogP contribution in [-0.2, 0) is 14.8 Å². The zero-order valence-corrected chi connectivity index (χ0v) is 17.3. The van der Waals surface area contributed by atoms with Gasteiger partial charge in [0, 0.05) is 11.4 Å². The molecule has 0 saturated heterocycles. The lowest BCUT2D eigenvalue weighted by Crippen LogP contribution is -2.20. The van der Waals surface area contributed by atoms with Crippen molar-refractivity contribution in [2.45, 2.75) is 18.7 Å². The van der Waals surface area contributed by atoms with Crippen LogP contribution in [0.2, 0.25) is 0 Å². The summed E-state index contributed by atoms with van der Waals surface area (Å²) in [6, 6.07) is 16.8. The summed E-state index contributed by atoms with van der Waals surface area (Å²) < 4.78 is 46.2. The van der Waals surface area contributed by atoms with Gasteiger partial charge in [0.2, 0.25) is 0 Å². The number of rotatable bonds is 7. The van der Waals surface area contributed by atoms with Gasteiger partial charge < -0.3 is 10.1 Å². The van der Waals surface area contributed by atoms with Crippen molar-refractivity contribution in [3.8, 4) is 5.75 Å². The van der Waals surface area contributed by atoms with Gasteiger partial charge in [-0.2, -0.15) is 0 Å². The number of ether oxygens (including phenoxy) is 1. The molecule has 2 N–H and O–H groups in total. The Balaban J connectivity index is 1.60. The second-order valence-corrected chi connectivity index (χ2v) is 8.42. The SMILES string of the molecule is Cc1cccc(NS(=O)(=O)c2ccc(OCC(=O)Nc3cc(F)ccc3C)cc2)c1. The topological polar surface area (TPSA) is 84.5 Å². The van der Waals surface area contributed by atoms with Gasteiger partial charge in [0.05, 0.1) is 4.90 Å². The summed E-state index contributed by atoms with van der Waals surface area (Å²) >= 11 is 0. The van der Waals surface area contributed by atoms with Crippen LogP contribution in [0.25, 0.3) is 0 Å². The first-order valence-electron chi connectivity index (χ1n) is 9.11. The average Bonchev–Trinajstić information content (AvgIpc) is 2.69. The van der Waals surface area contributed by atoms with Crippen LogP contribution < -0.4 is 14.8 Å². The fourth-order valence-corrected chi connectivity index (χ4v) is 3.75. The third kappa shape index (κ3) is 5.57. The Labute approximate surface area is 174 Å². The highest BCUT2D eigenvalue weighted by atomic mass is 32.2. The van der Waals surface area contributed by atoms with Crippen LogP contribution in [0.3, 0.4) is 0 Å². The molecule has 1 amide bonds. The van der Waals surface area contributed by atoms with Gasteiger partial charge in [-0.3, -0.25) is 9.52 Å². The van der Waals surface area contributed by atoms with Gasteiger partial charge >= 0.3 is 0 Å². The predicted octanol–water partition coefficient (Wildman–Crippen LogP) is 4.26. The highest BCUT2D eigenvalue weighted by molar-refractivity contribution is 7.92. The second-order valence-electron chi connectivity index (χ2n) is 6.74. The van der Waals surface area contributed by atoms with Gasteiger partial charge in [-0.15, -0.1) is 0 Å². The number of halogens is 1. The third-order valence-electron chi connectivity index (χ3n) is 4.25. The molecule has 0 atom stereocenters. The lowest BCUT2D eigenvalue weighted by molar-refractivity contribution is -0.118. The van der Waals surface area contributed by atoms with Crippen molar-refractivity contribution >= 4 is 27.3 Å². The molecule has 0 fully saturated rings. The Morgan fingerprint density at radius 2 is 1.73 bits per heavy atom. The van der Waals surface area contributed by atoms with Gasteiger partial charge in [0.15, 0.2) is 6.61 Å². The van der Waals surface area contributed by atoms with Crippen molar-refractivity contribution < 1.29 is 22.3 Å². The van der Waals surface area contributed by atoms with E-state index in [1.807, 2.05) is 13.0 Å². The lowest BCUT2D eigenvalue weighted by atomic mass is 10.2. The fraction of sp³-hybridized carbons (Fsp3) is 0.136. The molecule has 0 aliphatic heterocycles. The summed E-state index contributed by atoms with van der Waals surface area (Å²) in [4.78, 5) is 12.1. The van der Waals surface area contributed by atoms with E-state index in [4.69, 9.17) is 4.74 Å². The first-order chi connectivity index (χ1) is 14.2. The Bertz CT molecular complexity index is 1160. The summed E-state index contributed by atoms with van der Waals surface area (Å²) in [5.41, 5.74) is 2.50. The van der Waals surface area contributed by atoms with Gasteiger partial charge in [-0.05, 0) is 73.5 Å². The average molecular weight is 428 g/mol. The molecule has 0 saturated carbocycles. The minimum absolute atomic E-state index is 0.0659. The van der Waals surface area contributed by atoms with Gasteiger partial charge in [-0.1, -0.05) is 18.2 Å². The number of aryl methyl sites for hydroxylation is 2. The Kier molecular flexibility index (Phi) is 6.37. The van der Waals surface area contributed by atoms with E-state index in [1.54, 1.807) is 31.2 Å². The van der Waals surface area contributed by atoms with Gasteiger partial charge in [0.25, 0.3) is 15.9 Å². The molecule has 0 aromatic heterocycles. The quantitative estimate of drug-likeness (QED) is 0.589. The summed E-state index contributed by atoms with van der Waals surface area (Å²) in [7, 11) is -3.75. The maximum atomic E-state index is 13.3. The summed E-state index contributed by atoms with van der Waals surface area (Å²) in [5.74, 6) is -0.579. The van der Waals surface area contributed by atoms with Crippen molar-refractivity contribution in [3.63, 3.8) is 0 Å². The number of carbonyl (C=O) groups excluding carboxylic acids is 1. The Morgan fingerprint density at radius 3 is 2.43 bits per heavy atom. The largest absolute Gasteiger partial charge is 0.484 e. The number of amides is 1. The summed E-state index contributed by atoms with van der Waals surface area (Å²) in [5, 5.41) is 2.58. The highest BCUT2D eigenvalue weighted by Gasteiger charge is 2.14. The monoisotopic (exact) mass is 428 g/mol. The molecule has 0 aliphatic carbocycles. The number of sulfonamides is 1. The van der Waals surface area contributed by atoms with Gasteiger partial charge in [-0.25, -0.2) is 12.8 Å². The molecule has 6 nitrogen and oxygen atoms in total. The molecular weight excluding hydrogens is 407 g/mol. The Morgan fingerprint density at radius 1 is 1.00 bits per heavy atom. The second kappa shape index (κ2) is 8.96. The maximum Gasteiger partial charge on any atom is 0.262 e. The van der Waals surface area contributed by atoms with Crippen molar-refractivity contribution in [1.82, 2.24) is 0 Å².